The van der Waals surface area contributed by atoms with E-state index in [9.17, 15) is 4.39 Å². The molecule has 0 radical (unpaired) electrons. The van der Waals surface area contributed by atoms with Crippen LogP contribution in [-0.2, 0) is 0 Å². The molecule has 3 aromatic rings. The summed E-state index contributed by atoms with van der Waals surface area (Å²) in [7, 11) is 0. The minimum atomic E-state index is -0.388. The Bertz CT molecular complexity index is 776. The van der Waals surface area contributed by atoms with E-state index in [0.29, 0.717) is 11.3 Å². The van der Waals surface area contributed by atoms with Gasteiger partial charge < -0.3 is 10.2 Å². The predicted octanol–water partition coefficient (Wildman–Crippen LogP) is 4.24. The minimum Gasteiger partial charge on any atom is -0.459 e. The highest BCUT2D eigenvalue weighted by molar-refractivity contribution is 5.81. The Morgan fingerprint density at radius 2 is 1.85 bits per heavy atom. The van der Waals surface area contributed by atoms with Crippen molar-refractivity contribution in [1.29, 1.82) is 0 Å². The van der Waals surface area contributed by atoms with Gasteiger partial charge in [-0.05, 0) is 42.7 Å². The van der Waals surface area contributed by atoms with Crippen molar-refractivity contribution in [2.24, 2.45) is 5.73 Å². The molecule has 0 spiro atoms. The fourth-order valence-electron chi connectivity index (χ4n) is 2.41. The number of hydrogen-bond acceptors (Lipinski definition) is 2. The first-order valence-electron chi connectivity index (χ1n) is 6.57. The van der Waals surface area contributed by atoms with Gasteiger partial charge in [-0.25, -0.2) is 4.39 Å². The van der Waals surface area contributed by atoms with E-state index in [-0.39, 0.29) is 11.9 Å². The van der Waals surface area contributed by atoms with Crippen LogP contribution in [-0.4, -0.2) is 0 Å². The second-order valence-electron chi connectivity index (χ2n) is 5.13. The first kappa shape index (κ1) is 12.9. The number of nitrogens with two attached hydrogens (primary N) is 1. The molecule has 0 aliphatic heterocycles. The summed E-state index contributed by atoms with van der Waals surface area (Å²) in [5, 5.41) is 1.04. The molecule has 2 N–H and O–H groups in total. The normalized spacial score (nSPS) is 12.8. The predicted molar refractivity (Wildman–Crippen MR) is 78.1 cm³/mol. The lowest BCUT2D eigenvalue weighted by molar-refractivity contribution is 0.522. The molecule has 20 heavy (non-hydrogen) atoms. The minimum absolute atomic E-state index is 0.221. The van der Waals surface area contributed by atoms with Gasteiger partial charge in [0.1, 0.15) is 17.2 Å². The largest absolute Gasteiger partial charge is 0.459 e. The van der Waals surface area contributed by atoms with Crippen molar-refractivity contribution in [2.75, 3.05) is 0 Å². The first-order valence-corrected chi connectivity index (χ1v) is 6.57. The van der Waals surface area contributed by atoms with E-state index < -0.39 is 0 Å². The average Bonchev–Trinajstić information content (AvgIpc) is 2.86. The lowest BCUT2D eigenvalue weighted by Gasteiger charge is -2.10. The van der Waals surface area contributed by atoms with Gasteiger partial charge in [-0.3, -0.25) is 0 Å². The fraction of sp³-hybridized carbons (Fsp3) is 0.176. The maximum absolute atomic E-state index is 13.3. The van der Waals surface area contributed by atoms with Gasteiger partial charge in [-0.1, -0.05) is 30.3 Å². The molecule has 0 amide bonds. The number of benzene rings is 2. The van der Waals surface area contributed by atoms with E-state index in [4.69, 9.17) is 10.2 Å². The number of furan rings is 1. The highest BCUT2D eigenvalue weighted by atomic mass is 19.1. The zero-order valence-electron chi connectivity index (χ0n) is 11.5. The smallest absolute Gasteiger partial charge is 0.137 e. The van der Waals surface area contributed by atoms with Crippen molar-refractivity contribution in [2.45, 2.75) is 19.9 Å². The van der Waals surface area contributed by atoms with E-state index in [1.54, 1.807) is 19.1 Å². The molecule has 3 rings (SSSR count). The van der Waals surface area contributed by atoms with Crippen LogP contribution in [0, 0.1) is 19.7 Å². The van der Waals surface area contributed by atoms with Gasteiger partial charge in [0.15, 0.2) is 0 Å². The number of halogens is 1. The second-order valence-corrected chi connectivity index (χ2v) is 5.13. The van der Waals surface area contributed by atoms with E-state index >= 15 is 0 Å². The van der Waals surface area contributed by atoms with Crippen LogP contribution in [0.5, 0.6) is 0 Å². The maximum atomic E-state index is 13.3. The lowest BCUT2D eigenvalue weighted by Crippen LogP contribution is -2.11. The van der Waals surface area contributed by atoms with Crippen molar-refractivity contribution in [3.8, 4) is 0 Å². The summed E-state index contributed by atoms with van der Waals surface area (Å²) >= 11 is 0. The molecule has 2 nitrogen and oxygen atoms in total. The highest BCUT2D eigenvalue weighted by Gasteiger charge is 2.15. The van der Waals surface area contributed by atoms with Crippen molar-refractivity contribution in [1.82, 2.24) is 0 Å². The molecular weight excluding hydrogens is 253 g/mol. The summed E-state index contributed by atoms with van der Waals surface area (Å²) in [6.45, 7) is 3.73. The van der Waals surface area contributed by atoms with Gasteiger partial charge in [0.25, 0.3) is 0 Å². The van der Waals surface area contributed by atoms with Crippen LogP contribution >= 0.6 is 0 Å². The highest BCUT2D eigenvalue weighted by Crippen LogP contribution is 2.29. The molecule has 1 unspecified atom stereocenters. The Balaban J connectivity index is 2.05. The standard InChI is InChI=1S/C17H16FNO/c1-10-4-3-5-13-9-15(20-17(10)13)16(19)12-6-7-14(18)11(2)8-12/h3-9,16H,19H2,1-2H3. The molecule has 2 aromatic carbocycles. The second kappa shape index (κ2) is 4.76. The van der Waals surface area contributed by atoms with Gasteiger partial charge in [0.2, 0.25) is 0 Å². The Kier molecular flexibility index (Phi) is 3.07. The molecule has 0 saturated heterocycles. The van der Waals surface area contributed by atoms with Crippen LogP contribution in [0.3, 0.4) is 0 Å². The van der Waals surface area contributed by atoms with Crippen molar-refractivity contribution >= 4 is 11.0 Å². The van der Waals surface area contributed by atoms with Crippen molar-refractivity contribution < 1.29 is 8.81 Å². The van der Waals surface area contributed by atoms with Gasteiger partial charge in [0, 0.05) is 5.39 Å². The van der Waals surface area contributed by atoms with Crippen LogP contribution in [0.1, 0.15) is 28.5 Å². The van der Waals surface area contributed by atoms with Crippen LogP contribution in [0.2, 0.25) is 0 Å². The number of rotatable bonds is 2. The third-order valence-corrected chi connectivity index (χ3v) is 3.61. The van der Waals surface area contributed by atoms with Crippen molar-refractivity contribution in [3.63, 3.8) is 0 Å². The number of aryl methyl sites for hydroxylation is 2. The Morgan fingerprint density at radius 3 is 2.55 bits per heavy atom. The van der Waals surface area contributed by atoms with Crippen molar-refractivity contribution in [3.05, 3.63) is 70.7 Å². The zero-order valence-corrected chi connectivity index (χ0v) is 11.5. The number of fused-ring (bicyclic) bond motifs is 1. The Labute approximate surface area is 117 Å². The molecule has 1 atom stereocenters. The number of para-hydroxylation sites is 1. The summed E-state index contributed by atoms with van der Waals surface area (Å²) in [5.74, 6) is 0.474. The van der Waals surface area contributed by atoms with Crippen LogP contribution in [0.15, 0.2) is 46.9 Å². The van der Waals surface area contributed by atoms with E-state index in [2.05, 4.69) is 0 Å². The SMILES string of the molecule is Cc1cc(C(N)c2cc3cccc(C)c3o2)ccc1F. The van der Waals surface area contributed by atoms with Gasteiger partial charge in [-0.15, -0.1) is 0 Å². The Hall–Kier alpha value is -2.13. The lowest BCUT2D eigenvalue weighted by atomic mass is 10.0. The quantitative estimate of drug-likeness (QED) is 0.756. The summed E-state index contributed by atoms with van der Waals surface area (Å²) in [5.41, 5.74) is 9.61. The third-order valence-electron chi connectivity index (χ3n) is 3.61. The first-order chi connectivity index (χ1) is 9.56. The molecule has 0 aliphatic rings. The van der Waals surface area contributed by atoms with E-state index in [0.717, 1.165) is 22.1 Å². The molecule has 0 aliphatic carbocycles. The fourth-order valence-corrected chi connectivity index (χ4v) is 2.41. The molecule has 0 saturated carbocycles. The summed E-state index contributed by atoms with van der Waals surface area (Å²) in [4.78, 5) is 0. The van der Waals surface area contributed by atoms with E-state index in [1.165, 1.54) is 6.07 Å². The summed E-state index contributed by atoms with van der Waals surface area (Å²) < 4.78 is 19.2. The Morgan fingerprint density at radius 1 is 1.05 bits per heavy atom. The summed E-state index contributed by atoms with van der Waals surface area (Å²) in [6.07, 6.45) is 0. The maximum Gasteiger partial charge on any atom is 0.137 e. The topological polar surface area (TPSA) is 39.2 Å². The molecule has 1 heterocycles. The van der Waals surface area contributed by atoms with Gasteiger partial charge >= 0.3 is 0 Å². The van der Waals surface area contributed by atoms with Crippen LogP contribution in [0.4, 0.5) is 4.39 Å². The molecular formula is C17H16FNO. The summed E-state index contributed by atoms with van der Waals surface area (Å²) in [6, 6.07) is 12.5. The molecule has 102 valence electrons. The zero-order chi connectivity index (χ0) is 14.3. The molecule has 3 heteroatoms. The molecule has 0 bridgehead atoms. The monoisotopic (exact) mass is 269 g/mol. The van der Waals surface area contributed by atoms with Gasteiger partial charge in [-0.2, -0.15) is 0 Å². The van der Waals surface area contributed by atoms with Crippen LogP contribution < -0.4 is 5.73 Å². The third kappa shape index (κ3) is 2.10. The van der Waals surface area contributed by atoms with E-state index in [1.807, 2.05) is 31.2 Å². The number of hydrogen-bond donors (Lipinski definition) is 1. The molecule has 0 fully saturated rings. The average molecular weight is 269 g/mol. The van der Waals surface area contributed by atoms with Gasteiger partial charge in [0.05, 0.1) is 6.04 Å². The molecule has 1 aromatic heterocycles. The van der Waals surface area contributed by atoms with Crippen LogP contribution in [0.25, 0.3) is 11.0 Å².